The summed E-state index contributed by atoms with van der Waals surface area (Å²) in [6.07, 6.45) is 0.0707. The highest BCUT2D eigenvalue weighted by atomic mass is 35.5. The molecule has 1 fully saturated rings. The molecule has 1 aliphatic rings. The molecule has 3 aromatic rings. The van der Waals surface area contributed by atoms with Crippen LogP contribution in [0.15, 0.2) is 76.5 Å². The van der Waals surface area contributed by atoms with E-state index in [1.54, 1.807) is 42.5 Å². The van der Waals surface area contributed by atoms with E-state index in [9.17, 15) is 21.6 Å². The molecule has 1 saturated carbocycles. The molecule has 0 N–H and O–H groups in total. The Labute approximate surface area is 210 Å². The molecule has 1 aromatic heterocycles. The summed E-state index contributed by atoms with van der Waals surface area (Å²) in [5.41, 5.74) is 2.08. The molecule has 0 aliphatic heterocycles. The number of Topliss-reactive ketones (excluding diaryl/α,β-unsaturated/α-hetero) is 1. The Hall–Kier alpha value is -2.59. The van der Waals surface area contributed by atoms with Crippen molar-refractivity contribution in [3.8, 4) is 0 Å². The minimum atomic E-state index is -4.48. The first-order valence-corrected chi connectivity index (χ1v) is 14.3. The van der Waals surface area contributed by atoms with Crippen molar-refractivity contribution >= 4 is 37.4 Å². The fraction of sp³-hybridized carbons (Fsp3) is 0.280. The average Bonchev–Trinajstić information content (AvgIpc) is 2.80. The van der Waals surface area contributed by atoms with Crippen molar-refractivity contribution in [2.45, 2.75) is 54.9 Å². The van der Waals surface area contributed by atoms with Crippen molar-refractivity contribution in [1.82, 2.24) is 8.69 Å². The number of aryl methyl sites for hydroxylation is 2. The van der Waals surface area contributed by atoms with Crippen LogP contribution in [0.4, 0.5) is 0 Å². The smallest absolute Gasteiger partial charge is 0.256 e. The van der Waals surface area contributed by atoms with Crippen LogP contribution >= 0.6 is 11.6 Å². The summed E-state index contributed by atoms with van der Waals surface area (Å²) < 4.78 is 55.9. The van der Waals surface area contributed by atoms with Gasteiger partial charge in [0.15, 0.2) is 0 Å². The van der Waals surface area contributed by atoms with Crippen LogP contribution in [0.5, 0.6) is 0 Å². The predicted molar refractivity (Wildman–Crippen MR) is 133 cm³/mol. The van der Waals surface area contributed by atoms with Crippen molar-refractivity contribution in [3.05, 3.63) is 88.7 Å². The first kappa shape index (κ1) is 25.5. The van der Waals surface area contributed by atoms with E-state index in [1.807, 2.05) is 13.8 Å². The van der Waals surface area contributed by atoms with Crippen molar-refractivity contribution in [1.29, 1.82) is 0 Å². The number of rotatable bonds is 6. The highest BCUT2D eigenvalue weighted by Crippen LogP contribution is 2.37. The average molecular weight is 533 g/mol. The van der Waals surface area contributed by atoms with Crippen molar-refractivity contribution in [2.75, 3.05) is 0 Å². The molecule has 35 heavy (non-hydrogen) atoms. The zero-order valence-corrected chi connectivity index (χ0v) is 21.6. The van der Waals surface area contributed by atoms with Crippen molar-refractivity contribution < 1.29 is 21.6 Å². The molecule has 2 atom stereocenters. The van der Waals surface area contributed by atoms with E-state index in [-0.39, 0.29) is 40.0 Å². The number of nitrogens with zero attached hydrogens (tertiary/aromatic N) is 2. The van der Waals surface area contributed by atoms with Gasteiger partial charge in [-0.1, -0.05) is 56.8 Å². The molecule has 0 saturated heterocycles. The van der Waals surface area contributed by atoms with Gasteiger partial charge < -0.3 is 0 Å². The van der Waals surface area contributed by atoms with Gasteiger partial charge >= 0.3 is 0 Å². The standard InChI is InChI=1S/C25H25ClN2O5S2/c1-17-6-11-20(12-7-17)34(30,31)28(35(32,33)21-13-8-18(2)9-14-21)19-10-15-24(29)22(16-19)23-4-3-5-25(26)27-23/h3-9,11-14,19,22H,10,15-16H2,1-2H3/t19-,22?/m0/s1. The van der Waals surface area contributed by atoms with Crippen LogP contribution in [0.3, 0.4) is 0 Å². The summed E-state index contributed by atoms with van der Waals surface area (Å²) in [5, 5.41) is 0.203. The van der Waals surface area contributed by atoms with Gasteiger partial charge in [-0.2, -0.15) is 0 Å². The van der Waals surface area contributed by atoms with Gasteiger partial charge in [0.2, 0.25) is 0 Å². The molecule has 1 unspecified atom stereocenters. The van der Waals surface area contributed by atoms with Gasteiger partial charge in [0.05, 0.1) is 21.4 Å². The predicted octanol–water partition coefficient (Wildman–Crippen LogP) is 4.64. The summed E-state index contributed by atoms with van der Waals surface area (Å²) >= 11 is 6.02. The first-order valence-electron chi connectivity index (χ1n) is 11.1. The zero-order valence-electron chi connectivity index (χ0n) is 19.3. The third-order valence-electron chi connectivity index (χ3n) is 6.12. The Morgan fingerprint density at radius 3 is 1.83 bits per heavy atom. The van der Waals surface area contributed by atoms with Gasteiger partial charge in [0.25, 0.3) is 20.0 Å². The molecule has 4 rings (SSSR count). The maximum Gasteiger partial charge on any atom is 0.256 e. The second-order valence-corrected chi connectivity index (χ2v) is 12.9. The summed E-state index contributed by atoms with van der Waals surface area (Å²) in [4.78, 5) is 16.8. The number of carbonyl (C=O) groups excluding carboxylic acids is 1. The molecule has 0 bridgehead atoms. The third-order valence-corrected chi connectivity index (χ3v) is 10.8. The Balaban J connectivity index is 1.83. The van der Waals surface area contributed by atoms with E-state index in [1.165, 1.54) is 24.3 Å². The second-order valence-electron chi connectivity index (χ2n) is 8.69. The van der Waals surface area contributed by atoms with E-state index in [0.29, 0.717) is 9.40 Å². The summed E-state index contributed by atoms with van der Waals surface area (Å²) in [7, 11) is -8.95. The van der Waals surface area contributed by atoms with Crippen molar-refractivity contribution in [3.63, 3.8) is 0 Å². The fourth-order valence-corrected chi connectivity index (χ4v) is 8.51. The van der Waals surface area contributed by atoms with Crippen molar-refractivity contribution in [2.24, 2.45) is 0 Å². The van der Waals surface area contributed by atoms with Crippen LogP contribution in [0.1, 0.15) is 42.0 Å². The summed E-state index contributed by atoms with van der Waals surface area (Å²) in [6.45, 7) is 3.62. The molecular formula is C25H25ClN2O5S2. The van der Waals surface area contributed by atoms with Gasteiger partial charge in [-0.3, -0.25) is 4.79 Å². The van der Waals surface area contributed by atoms with E-state index in [2.05, 4.69) is 4.98 Å². The third kappa shape index (κ3) is 5.18. The highest BCUT2D eigenvalue weighted by Gasteiger charge is 2.45. The van der Waals surface area contributed by atoms with E-state index >= 15 is 0 Å². The van der Waals surface area contributed by atoms with Crippen LogP contribution in [0, 0.1) is 13.8 Å². The molecule has 0 radical (unpaired) electrons. The number of aromatic nitrogens is 1. The molecule has 184 valence electrons. The van der Waals surface area contributed by atoms with E-state index < -0.39 is 32.0 Å². The molecule has 10 heteroatoms. The lowest BCUT2D eigenvalue weighted by atomic mass is 9.83. The monoisotopic (exact) mass is 532 g/mol. The normalized spacial score (nSPS) is 19.1. The van der Waals surface area contributed by atoms with Crippen LogP contribution < -0.4 is 0 Å². The van der Waals surface area contributed by atoms with Gasteiger partial charge in [-0.25, -0.2) is 21.8 Å². The van der Waals surface area contributed by atoms with Gasteiger partial charge in [0, 0.05) is 12.5 Å². The number of ketones is 1. The van der Waals surface area contributed by atoms with Gasteiger partial charge in [0.1, 0.15) is 10.9 Å². The first-order chi connectivity index (χ1) is 16.5. The second kappa shape index (κ2) is 9.81. The molecule has 1 heterocycles. The molecule has 2 aromatic carbocycles. The maximum atomic E-state index is 13.8. The maximum absolute atomic E-state index is 13.8. The van der Waals surface area contributed by atoms with Gasteiger partial charge in [-0.15, -0.1) is 0 Å². The SMILES string of the molecule is Cc1ccc(S(=O)(=O)N([C@H]2CCC(=O)C(c3cccc(Cl)n3)C2)S(=O)(=O)c2ccc(C)cc2)cc1. The Morgan fingerprint density at radius 2 is 1.34 bits per heavy atom. The Bertz CT molecular complexity index is 1380. The van der Waals surface area contributed by atoms with Crippen LogP contribution in [-0.4, -0.2) is 37.4 Å². The minimum absolute atomic E-state index is 0.0207. The number of carbonyl (C=O) groups is 1. The van der Waals surface area contributed by atoms with Crippen LogP contribution in [0.25, 0.3) is 0 Å². The Morgan fingerprint density at radius 1 is 0.829 bits per heavy atom. The van der Waals surface area contributed by atoms with E-state index in [4.69, 9.17) is 11.6 Å². The summed E-state index contributed by atoms with van der Waals surface area (Å²) in [5.74, 6) is -0.896. The molecule has 0 spiro atoms. The lowest BCUT2D eigenvalue weighted by Crippen LogP contribution is -2.47. The quantitative estimate of drug-likeness (QED) is 0.429. The number of hydrogen-bond acceptors (Lipinski definition) is 6. The van der Waals surface area contributed by atoms with E-state index in [0.717, 1.165) is 11.1 Å². The zero-order chi connectivity index (χ0) is 25.4. The number of benzene rings is 2. The molecule has 0 amide bonds. The lowest BCUT2D eigenvalue weighted by molar-refractivity contribution is -0.122. The Kier molecular flexibility index (Phi) is 7.15. The lowest BCUT2D eigenvalue weighted by Gasteiger charge is -2.35. The van der Waals surface area contributed by atoms with Crippen LogP contribution in [-0.2, 0) is 24.8 Å². The largest absolute Gasteiger partial charge is 0.299 e. The minimum Gasteiger partial charge on any atom is -0.299 e. The number of sulfonamides is 2. The number of halogens is 1. The molecule has 1 aliphatic carbocycles. The molecular weight excluding hydrogens is 508 g/mol. The fourth-order valence-electron chi connectivity index (χ4n) is 4.25. The van der Waals surface area contributed by atoms with Gasteiger partial charge in [-0.05, 0) is 63.1 Å². The highest BCUT2D eigenvalue weighted by molar-refractivity contribution is 8.04. The van der Waals surface area contributed by atoms with Crippen LogP contribution in [0.2, 0.25) is 5.15 Å². The molecule has 7 nitrogen and oxygen atoms in total. The summed E-state index contributed by atoms with van der Waals surface area (Å²) in [6, 6.07) is 16.0. The number of hydrogen-bond donors (Lipinski definition) is 0. The number of pyridine rings is 1. The topological polar surface area (TPSA) is 101 Å².